The van der Waals surface area contributed by atoms with Crippen molar-refractivity contribution in [3.8, 4) is 0 Å². The molecule has 0 aliphatic heterocycles. The lowest BCUT2D eigenvalue weighted by Gasteiger charge is -1.69. The third-order valence-corrected chi connectivity index (χ3v) is 0. The van der Waals surface area contributed by atoms with E-state index in [-0.39, 0.29) is 13.2 Å². The first-order chi connectivity index (χ1) is 5.46. The number of sulfone groups is 1. The van der Waals surface area contributed by atoms with Gasteiger partial charge in [-0.2, -0.15) is 0 Å². The van der Waals surface area contributed by atoms with Crippen LogP contribution < -0.4 is 0 Å². The molecule has 0 aromatic rings. The molecule has 0 bridgehead atoms. The number of carbonyl (C=O) groups is 1. The van der Waals surface area contributed by atoms with Crippen LogP contribution in [0.25, 0.3) is 0 Å². The van der Waals surface area contributed by atoms with Gasteiger partial charge in [0.1, 0.15) is 15.6 Å². The molecular weight excluding hydrogens is 224 g/mol. The van der Waals surface area contributed by atoms with Crippen molar-refractivity contribution >= 4 is 26.4 Å². The molecule has 0 rings (SSSR count). The van der Waals surface area contributed by atoms with Crippen molar-refractivity contribution in [3.05, 3.63) is 0 Å². The van der Waals surface area contributed by atoms with Crippen LogP contribution in [0, 0.1) is 0 Å². The smallest absolute Gasteiger partial charge is 0.144 e. The Kier molecular flexibility index (Phi) is 21.5. The second-order valence-corrected chi connectivity index (χ2v) is 6.56. The highest BCUT2D eigenvalue weighted by Crippen LogP contribution is 1.61. The highest BCUT2D eigenvalue weighted by molar-refractivity contribution is 7.89. The fourth-order valence-corrected chi connectivity index (χ4v) is 0. The summed E-state index contributed by atoms with van der Waals surface area (Å²) in [6.45, 7) is 3.06. The molecule has 0 atom stereocenters. The molecule has 0 aromatic carbocycles. The Balaban J connectivity index is -0.0000000522. The zero-order valence-electron chi connectivity index (χ0n) is 8.95. The van der Waals surface area contributed by atoms with Gasteiger partial charge in [-0.15, -0.1) is 0 Å². The molecule has 0 aliphatic carbocycles. The molecule has 0 N–H and O–H groups in total. The van der Waals surface area contributed by atoms with Crippen molar-refractivity contribution < 1.29 is 17.4 Å². The molecular formula is C8H22O4S2. The van der Waals surface area contributed by atoms with E-state index >= 15 is 0 Å². The van der Waals surface area contributed by atoms with E-state index in [1.54, 1.807) is 12.5 Å². The minimum absolute atomic E-state index is 0. The molecule has 0 fully saturated rings. The van der Waals surface area contributed by atoms with Gasteiger partial charge in [-0.3, -0.25) is 4.21 Å². The SMILES string of the molecule is C.CC(C)=O.CS(C)(=O)=O.CS(C)=O. The number of rotatable bonds is 0. The summed E-state index contributed by atoms with van der Waals surface area (Å²) in [6, 6.07) is 0. The standard InChI is InChI=1S/C3H6O.C2H6O2S.C2H6OS.CH4/c1-3(2)4;1-5(2,3)4;1-4(2)3;/h1-2H3;1-2H3;1-2H3;1H4. The number of hydrogen-bond acceptors (Lipinski definition) is 4. The molecule has 90 valence electrons. The van der Waals surface area contributed by atoms with Gasteiger partial charge in [0.2, 0.25) is 0 Å². The lowest BCUT2D eigenvalue weighted by molar-refractivity contribution is -0.114. The van der Waals surface area contributed by atoms with Crippen LogP contribution in [-0.2, 0) is 25.4 Å². The van der Waals surface area contributed by atoms with Crippen molar-refractivity contribution in [1.82, 2.24) is 0 Å². The largest absolute Gasteiger partial charge is 0.300 e. The minimum Gasteiger partial charge on any atom is -0.300 e. The summed E-state index contributed by atoms with van der Waals surface area (Å²) in [4.78, 5) is 9.44. The van der Waals surface area contributed by atoms with Gasteiger partial charge in [-0.25, -0.2) is 8.42 Å². The summed E-state index contributed by atoms with van der Waals surface area (Å²) in [5, 5.41) is 0. The second-order valence-electron chi connectivity index (χ2n) is 2.79. The van der Waals surface area contributed by atoms with Crippen LogP contribution in [0.15, 0.2) is 0 Å². The summed E-state index contributed by atoms with van der Waals surface area (Å²) in [6.07, 6.45) is 5.60. The van der Waals surface area contributed by atoms with Crippen molar-refractivity contribution in [2.24, 2.45) is 0 Å². The first kappa shape index (κ1) is 23.5. The molecule has 0 aromatic heterocycles. The predicted molar refractivity (Wildman–Crippen MR) is 63.8 cm³/mol. The molecule has 4 nitrogen and oxygen atoms in total. The highest BCUT2D eigenvalue weighted by atomic mass is 32.2. The maximum absolute atomic E-state index is 9.63. The summed E-state index contributed by atoms with van der Waals surface area (Å²) >= 11 is 0. The van der Waals surface area contributed by atoms with E-state index in [1.807, 2.05) is 0 Å². The number of Topliss-reactive ketones (excluding diaryl/α,β-unsaturated/α-hetero) is 1. The zero-order chi connectivity index (χ0) is 11.7. The monoisotopic (exact) mass is 246 g/mol. The summed E-state index contributed by atoms with van der Waals surface area (Å²) in [5.74, 6) is 0.167. The van der Waals surface area contributed by atoms with E-state index in [4.69, 9.17) is 0 Å². The lowest BCUT2D eigenvalue weighted by atomic mass is 10.6. The van der Waals surface area contributed by atoms with E-state index in [9.17, 15) is 17.4 Å². The molecule has 0 amide bonds. The van der Waals surface area contributed by atoms with Gasteiger partial charge in [0.25, 0.3) is 0 Å². The van der Waals surface area contributed by atoms with Crippen molar-refractivity contribution in [2.75, 3.05) is 25.0 Å². The maximum atomic E-state index is 9.63. The quantitative estimate of drug-likeness (QED) is 0.636. The van der Waals surface area contributed by atoms with Crippen LogP contribution in [0.5, 0.6) is 0 Å². The van der Waals surface area contributed by atoms with Crippen LogP contribution in [0.1, 0.15) is 21.3 Å². The van der Waals surface area contributed by atoms with Crippen LogP contribution in [-0.4, -0.2) is 43.4 Å². The molecule has 0 unspecified atom stereocenters. The van der Waals surface area contributed by atoms with Gasteiger partial charge in [0.15, 0.2) is 0 Å². The zero-order valence-corrected chi connectivity index (χ0v) is 10.6. The molecule has 6 heteroatoms. The Bertz CT molecular complexity index is 214. The Morgan fingerprint density at radius 3 is 1.07 bits per heavy atom. The summed E-state index contributed by atoms with van der Waals surface area (Å²) in [5.41, 5.74) is 0. The molecule has 0 radical (unpaired) electrons. The van der Waals surface area contributed by atoms with Gasteiger partial charge < -0.3 is 4.79 Å². The normalized spacial score (nSPS) is 8.50. The molecule has 0 heterocycles. The first-order valence-electron chi connectivity index (χ1n) is 3.34. The van der Waals surface area contributed by atoms with E-state index in [1.165, 1.54) is 13.8 Å². The van der Waals surface area contributed by atoms with E-state index in [0.29, 0.717) is 0 Å². The summed E-state index contributed by atoms with van der Waals surface area (Å²) in [7, 11) is -3.28. The topological polar surface area (TPSA) is 68.3 Å². The van der Waals surface area contributed by atoms with Crippen LogP contribution in [0.4, 0.5) is 0 Å². The van der Waals surface area contributed by atoms with Crippen molar-refractivity contribution in [1.29, 1.82) is 0 Å². The van der Waals surface area contributed by atoms with Crippen LogP contribution in [0.2, 0.25) is 0 Å². The predicted octanol–water partition coefficient (Wildman–Crippen LogP) is 0.887. The fourth-order valence-electron chi connectivity index (χ4n) is 0. The Labute approximate surface area is 90.5 Å². The third-order valence-electron chi connectivity index (χ3n) is 0. The molecule has 0 spiro atoms. The second kappa shape index (κ2) is 12.8. The van der Waals surface area contributed by atoms with Crippen molar-refractivity contribution in [2.45, 2.75) is 21.3 Å². The van der Waals surface area contributed by atoms with Crippen LogP contribution in [0.3, 0.4) is 0 Å². The fraction of sp³-hybridized carbons (Fsp3) is 0.875. The van der Waals surface area contributed by atoms with Gasteiger partial charge in [0, 0.05) is 35.8 Å². The van der Waals surface area contributed by atoms with Gasteiger partial charge in [-0.05, 0) is 13.8 Å². The third kappa shape index (κ3) is 25800. The molecule has 0 saturated carbocycles. The van der Waals surface area contributed by atoms with Crippen molar-refractivity contribution in [3.63, 3.8) is 0 Å². The Morgan fingerprint density at radius 2 is 1.07 bits per heavy atom. The summed E-state index contributed by atoms with van der Waals surface area (Å²) < 4.78 is 28.8. The number of hydrogen-bond donors (Lipinski definition) is 0. The van der Waals surface area contributed by atoms with Gasteiger partial charge >= 0.3 is 0 Å². The average Bonchev–Trinajstić information content (AvgIpc) is 1.50. The van der Waals surface area contributed by atoms with Gasteiger partial charge in [0.05, 0.1) is 0 Å². The Morgan fingerprint density at radius 1 is 1.07 bits per heavy atom. The molecule has 0 saturated heterocycles. The highest BCUT2D eigenvalue weighted by Gasteiger charge is 1.79. The maximum Gasteiger partial charge on any atom is 0.144 e. The number of carbonyl (C=O) groups excluding carboxylic acids is 1. The lowest BCUT2D eigenvalue weighted by Crippen LogP contribution is -1.86. The van der Waals surface area contributed by atoms with Gasteiger partial charge in [-0.1, -0.05) is 7.43 Å². The average molecular weight is 246 g/mol. The first-order valence-corrected chi connectivity index (χ1v) is 7.60. The Hall–Kier alpha value is -0.230. The minimum atomic E-state index is -2.67. The van der Waals surface area contributed by atoms with Crippen LogP contribution >= 0.6 is 0 Å². The van der Waals surface area contributed by atoms with E-state index < -0.39 is 20.6 Å². The molecule has 0 aliphatic rings. The molecule has 14 heavy (non-hydrogen) atoms. The number of ketones is 1. The van der Waals surface area contributed by atoms with E-state index in [0.717, 1.165) is 12.5 Å². The van der Waals surface area contributed by atoms with E-state index in [2.05, 4.69) is 0 Å².